The Balaban J connectivity index is 1.31. The third-order valence-corrected chi connectivity index (χ3v) is 5.19. The molecule has 0 saturated heterocycles. The molecule has 0 radical (unpaired) electrons. The molecule has 4 rings (SSSR count). The normalized spacial score (nSPS) is 10.9. The summed E-state index contributed by atoms with van der Waals surface area (Å²) >= 11 is 0. The van der Waals surface area contributed by atoms with E-state index in [1.165, 1.54) is 0 Å². The fourth-order valence-corrected chi connectivity index (χ4v) is 3.64. The van der Waals surface area contributed by atoms with Crippen LogP contribution in [-0.4, -0.2) is 49.1 Å². The van der Waals surface area contributed by atoms with Crippen LogP contribution >= 0.6 is 0 Å². The van der Waals surface area contributed by atoms with Crippen molar-refractivity contribution in [1.29, 1.82) is 0 Å². The molecule has 0 unspecified atom stereocenters. The molecule has 0 aliphatic rings. The van der Waals surface area contributed by atoms with Crippen LogP contribution in [0.3, 0.4) is 0 Å². The molecule has 0 spiro atoms. The van der Waals surface area contributed by atoms with Crippen LogP contribution in [0, 0.1) is 0 Å². The average molecular weight is 420 g/mol. The first-order valence-corrected chi connectivity index (χ1v) is 9.94. The monoisotopic (exact) mass is 420 g/mol. The van der Waals surface area contributed by atoms with Gasteiger partial charge >= 0.3 is 0 Å². The quantitative estimate of drug-likeness (QED) is 0.351. The maximum atomic E-state index is 12.5. The third kappa shape index (κ3) is 4.18. The Labute approximate surface area is 178 Å². The maximum absolute atomic E-state index is 12.5. The van der Waals surface area contributed by atoms with E-state index >= 15 is 0 Å². The smallest absolute Gasteiger partial charge is 0.268 e. The second-order valence-corrected chi connectivity index (χ2v) is 7.09. The maximum Gasteiger partial charge on any atom is 0.268 e. The van der Waals surface area contributed by atoms with E-state index in [9.17, 15) is 9.59 Å². The molecular weight excluding hydrogens is 396 g/mol. The van der Waals surface area contributed by atoms with Gasteiger partial charge in [0.1, 0.15) is 5.69 Å². The van der Waals surface area contributed by atoms with Crippen LogP contribution in [0.4, 0.5) is 0 Å². The second-order valence-electron chi connectivity index (χ2n) is 7.09. The molecule has 0 bridgehead atoms. The first-order chi connectivity index (χ1) is 15.1. The van der Waals surface area contributed by atoms with E-state index in [0.717, 1.165) is 27.4 Å². The Bertz CT molecular complexity index is 1240. The topological polar surface area (TPSA) is 108 Å². The first-order valence-electron chi connectivity index (χ1n) is 9.94. The highest BCUT2D eigenvalue weighted by molar-refractivity contribution is 6.01. The lowest BCUT2D eigenvalue weighted by molar-refractivity contribution is -0.120. The van der Waals surface area contributed by atoms with E-state index in [-0.39, 0.29) is 18.4 Å². The van der Waals surface area contributed by atoms with Crippen LogP contribution in [-0.2, 0) is 11.2 Å². The summed E-state index contributed by atoms with van der Waals surface area (Å²) in [5.41, 5.74) is 3.30. The van der Waals surface area contributed by atoms with E-state index < -0.39 is 0 Å². The zero-order valence-electron chi connectivity index (χ0n) is 17.4. The molecule has 4 aromatic rings. The fraction of sp³-hybridized carbons (Fsp3) is 0.217. The summed E-state index contributed by atoms with van der Waals surface area (Å²) in [6.45, 7) is 0.377. The van der Waals surface area contributed by atoms with Gasteiger partial charge in [0.25, 0.3) is 5.91 Å². The van der Waals surface area contributed by atoms with Crippen molar-refractivity contribution < 1.29 is 19.1 Å². The van der Waals surface area contributed by atoms with E-state index in [1.54, 1.807) is 26.4 Å². The molecule has 2 amide bonds. The second kappa shape index (κ2) is 8.83. The minimum Gasteiger partial charge on any atom is -0.493 e. The average Bonchev–Trinajstić information content (AvgIpc) is 3.41. The number of rotatable bonds is 8. The van der Waals surface area contributed by atoms with Gasteiger partial charge < -0.3 is 30.1 Å². The van der Waals surface area contributed by atoms with Crippen molar-refractivity contribution >= 4 is 33.6 Å². The predicted molar refractivity (Wildman–Crippen MR) is 119 cm³/mol. The Hall–Kier alpha value is -3.94. The number of H-pyrrole nitrogens is 2. The summed E-state index contributed by atoms with van der Waals surface area (Å²) in [5.74, 6) is 0.508. The molecule has 2 heterocycles. The van der Waals surface area contributed by atoms with Gasteiger partial charge in [-0.15, -0.1) is 0 Å². The number of benzene rings is 2. The van der Waals surface area contributed by atoms with Crippen molar-refractivity contribution in [2.45, 2.75) is 6.42 Å². The minimum atomic E-state index is -0.371. The number of aromatic amines is 2. The Morgan fingerprint density at radius 2 is 1.81 bits per heavy atom. The summed E-state index contributed by atoms with van der Waals surface area (Å²) in [7, 11) is 3.10. The van der Waals surface area contributed by atoms with E-state index in [2.05, 4.69) is 20.6 Å². The van der Waals surface area contributed by atoms with Gasteiger partial charge in [-0.2, -0.15) is 0 Å². The number of aromatic nitrogens is 2. The van der Waals surface area contributed by atoms with Crippen molar-refractivity contribution in [3.63, 3.8) is 0 Å². The molecule has 31 heavy (non-hydrogen) atoms. The lowest BCUT2D eigenvalue weighted by atomic mass is 10.1. The van der Waals surface area contributed by atoms with Gasteiger partial charge in [-0.25, -0.2) is 0 Å². The zero-order chi connectivity index (χ0) is 21.8. The Morgan fingerprint density at radius 1 is 0.968 bits per heavy atom. The first kappa shape index (κ1) is 20.3. The SMILES string of the molecule is COc1ccc2[nH]c(C(=O)NCC(=O)NCCc3c[nH]c4ccccc34)cc2c1OC. The summed E-state index contributed by atoms with van der Waals surface area (Å²) in [6, 6.07) is 13.3. The molecule has 0 aliphatic carbocycles. The van der Waals surface area contributed by atoms with E-state index in [0.29, 0.717) is 30.2 Å². The molecule has 0 aliphatic heterocycles. The highest BCUT2D eigenvalue weighted by atomic mass is 16.5. The number of amides is 2. The molecule has 0 saturated carbocycles. The van der Waals surface area contributed by atoms with Gasteiger partial charge in [0, 0.05) is 29.0 Å². The molecule has 0 atom stereocenters. The Kier molecular flexibility index (Phi) is 5.79. The van der Waals surface area contributed by atoms with Gasteiger partial charge in [-0.1, -0.05) is 18.2 Å². The van der Waals surface area contributed by atoms with E-state index in [1.807, 2.05) is 36.5 Å². The number of nitrogens with one attached hydrogen (secondary N) is 4. The number of fused-ring (bicyclic) bond motifs is 2. The standard InChI is InChI=1S/C23H24N4O4/c1-30-20-8-7-18-16(22(20)31-2)11-19(27-18)23(29)26-13-21(28)24-10-9-14-12-25-17-6-4-3-5-15(14)17/h3-8,11-12,25,27H,9-10,13H2,1-2H3,(H,24,28)(H,26,29). The van der Waals surface area contributed by atoms with Crippen LogP contribution in [0.5, 0.6) is 11.5 Å². The lowest BCUT2D eigenvalue weighted by Crippen LogP contribution is -2.37. The van der Waals surface area contributed by atoms with Crippen molar-refractivity contribution in [3.05, 3.63) is 59.9 Å². The van der Waals surface area contributed by atoms with Gasteiger partial charge in [-0.3, -0.25) is 9.59 Å². The highest BCUT2D eigenvalue weighted by Gasteiger charge is 2.16. The summed E-state index contributed by atoms with van der Waals surface area (Å²) < 4.78 is 10.7. The molecule has 160 valence electrons. The van der Waals surface area contributed by atoms with Gasteiger partial charge in [0.2, 0.25) is 5.91 Å². The van der Waals surface area contributed by atoms with Crippen LogP contribution < -0.4 is 20.1 Å². The highest BCUT2D eigenvalue weighted by Crippen LogP contribution is 2.35. The number of carbonyl (C=O) groups excluding carboxylic acids is 2. The molecule has 2 aromatic carbocycles. The van der Waals surface area contributed by atoms with Crippen molar-refractivity contribution in [2.75, 3.05) is 27.3 Å². The van der Waals surface area contributed by atoms with Gasteiger partial charge in [0.05, 0.1) is 26.3 Å². The number of ether oxygens (including phenoxy) is 2. The number of hydrogen-bond donors (Lipinski definition) is 4. The molecule has 4 N–H and O–H groups in total. The summed E-state index contributed by atoms with van der Waals surface area (Å²) in [5, 5.41) is 7.36. The molecule has 8 nitrogen and oxygen atoms in total. The lowest BCUT2D eigenvalue weighted by Gasteiger charge is -2.07. The third-order valence-electron chi connectivity index (χ3n) is 5.19. The molecular formula is C23H24N4O4. The minimum absolute atomic E-state index is 0.109. The number of methoxy groups -OCH3 is 2. The number of hydrogen-bond acceptors (Lipinski definition) is 4. The van der Waals surface area contributed by atoms with Crippen LogP contribution in [0.15, 0.2) is 48.7 Å². The Morgan fingerprint density at radius 3 is 2.61 bits per heavy atom. The summed E-state index contributed by atoms with van der Waals surface area (Å²) in [6.07, 6.45) is 2.66. The van der Waals surface area contributed by atoms with Gasteiger partial charge in [-0.05, 0) is 36.2 Å². The predicted octanol–water partition coefficient (Wildman–Crippen LogP) is 2.76. The largest absolute Gasteiger partial charge is 0.493 e. The van der Waals surface area contributed by atoms with E-state index in [4.69, 9.17) is 9.47 Å². The molecule has 8 heteroatoms. The van der Waals surface area contributed by atoms with Crippen LogP contribution in [0.1, 0.15) is 16.1 Å². The zero-order valence-corrected chi connectivity index (χ0v) is 17.4. The van der Waals surface area contributed by atoms with Crippen molar-refractivity contribution in [2.24, 2.45) is 0 Å². The van der Waals surface area contributed by atoms with Crippen molar-refractivity contribution in [1.82, 2.24) is 20.6 Å². The van der Waals surface area contributed by atoms with Gasteiger partial charge in [0.15, 0.2) is 11.5 Å². The van der Waals surface area contributed by atoms with Crippen molar-refractivity contribution in [3.8, 4) is 11.5 Å². The molecule has 0 fully saturated rings. The molecule has 2 aromatic heterocycles. The van der Waals surface area contributed by atoms with Crippen LogP contribution in [0.25, 0.3) is 21.8 Å². The summed E-state index contributed by atoms with van der Waals surface area (Å²) in [4.78, 5) is 30.9. The number of para-hydroxylation sites is 1. The fourth-order valence-electron chi connectivity index (χ4n) is 3.64. The number of carbonyl (C=O) groups is 2. The van der Waals surface area contributed by atoms with Crippen LogP contribution in [0.2, 0.25) is 0 Å².